The number of nitrogens with zero attached hydrogens (tertiary/aromatic N) is 1. The maximum absolute atomic E-state index is 12.5. The monoisotopic (exact) mass is 306 g/mol. The molecule has 122 valence electrons. The first-order valence-corrected chi connectivity index (χ1v) is 8.05. The number of rotatable bonds is 6. The highest BCUT2D eigenvalue weighted by atomic mass is 16.3. The van der Waals surface area contributed by atoms with Crippen LogP contribution < -0.4 is 5.32 Å². The van der Waals surface area contributed by atoms with Gasteiger partial charge in [0.25, 0.3) is 0 Å². The Labute approximate surface area is 131 Å². The van der Waals surface area contributed by atoms with Gasteiger partial charge in [0, 0.05) is 13.1 Å². The Morgan fingerprint density at radius 2 is 2.05 bits per heavy atom. The van der Waals surface area contributed by atoms with Crippen molar-refractivity contribution < 1.29 is 15.0 Å². The Morgan fingerprint density at radius 1 is 1.32 bits per heavy atom. The number of nitrogens with one attached hydrogen (secondary N) is 1. The fourth-order valence-electron chi connectivity index (χ4n) is 2.87. The highest BCUT2D eigenvalue weighted by Crippen LogP contribution is 2.13. The van der Waals surface area contributed by atoms with Crippen molar-refractivity contribution in [2.24, 2.45) is 0 Å². The molecule has 0 radical (unpaired) electrons. The largest absolute Gasteiger partial charge is 0.390 e. The van der Waals surface area contributed by atoms with Gasteiger partial charge in [-0.15, -0.1) is 0 Å². The highest BCUT2D eigenvalue weighted by molar-refractivity contribution is 5.82. The van der Waals surface area contributed by atoms with Crippen LogP contribution in [0.5, 0.6) is 0 Å². The molecule has 1 aliphatic heterocycles. The minimum atomic E-state index is -1.02. The number of aliphatic hydroxyl groups is 2. The van der Waals surface area contributed by atoms with Crippen LogP contribution in [0.2, 0.25) is 0 Å². The van der Waals surface area contributed by atoms with Crippen molar-refractivity contribution in [3.05, 3.63) is 35.9 Å². The lowest BCUT2D eigenvalue weighted by Crippen LogP contribution is -2.60. The third-order valence-corrected chi connectivity index (χ3v) is 4.24. The molecular weight excluding hydrogens is 280 g/mol. The first-order chi connectivity index (χ1) is 10.6. The van der Waals surface area contributed by atoms with Crippen LogP contribution >= 0.6 is 0 Å². The van der Waals surface area contributed by atoms with Crippen molar-refractivity contribution in [3.8, 4) is 0 Å². The van der Waals surface area contributed by atoms with Crippen LogP contribution in [0.3, 0.4) is 0 Å². The van der Waals surface area contributed by atoms with Gasteiger partial charge in [0.05, 0.1) is 6.10 Å². The second-order valence-electron chi connectivity index (χ2n) is 5.79. The quantitative estimate of drug-likeness (QED) is 0.718. The van der Waals surface area contributed by atoms with Gasteiger partial charge < -0.3 is 20.4 Å². The van der Waals surface area contributed by atoms with E-state index in [1.54, 1.807) is 4.90 Å². The Bertz CT molecular complexity index is 466. The molecular formula is C17H26N2O3. The van der Waals surface area contributed by atoms with Crippen molar-refractivity contribution in [2.45, 2.75) is 44.4 Å². The van der Waals surface area contributed by atoms with Gasteiger partial charge in [-0.05, 0) is 38.3 Å². The maximum Gasteiger partial charge on any atom is 0.242 e. The molecule has 22 heavy (non-hydrogen) atoms. The summed E-state index contributed by atoms with van der Waals surface area (Å²) in [7, 11) is 0. The van der Waals surface area contributed by atoms with Crippen LogP contribution in [0.25, 0.3) is 0 Å². The lowest BCUT2D eigenvalue weighted by atomic mass is 9.97. The summed E-state index contributed by atoms with van der Waals surface area (Å²) in [6.07, 6.45) is 0.441. The van der Waals surface area contributed by atoms with Crippen molar-refractivity contribution in [1.82, 2.24) is 10.2 Å². The molecule has 0 bridgehead atoms. The molecule has 5 heteroatoms. The van der Waals surface area contributed by atoms with E-state index in [1.165, 1.54) is 5.56 Å². The smallest absolute Gasteiger partial charge is 0.242 e. The molecule has 5 nitrogen and oxygen atoms in total. The predicted octanol–water partition coefficient (Wildman–Crippen LogP) is 0.551. The van der Waals surface area contributed by atoms with Gasteiger partial charge >= 0.3 is 0 Å². The molecule has 0 aliphatic carbocycles. The summed E-state index contributed by atoms with van der Waals surface area (Å²) in [6, 6.07) is 9.50. The van der Waals surface area contributed by atoms with Gasteiger partial charge in [-0.2, -0.15) is 0 Å². The van der Waals surface area contributed by atoms with Crippen molar-refractivity contribution in [1.29, 1.82) is 0 Å². The number of carbonyl (C=O) groups excluding carboxylic acids is 1. The van der Waals surface area contributed by atoms with Crippen LogP contribution in [0.1, 0.15) is 25.3 Å². The lowest BCUT2D eigenvalue weighted by Gasteiger charge is -2.35. The molecule has 1 aliphatic rings. The summed E-state index contributed by atoms with van der Waals surface area (Å²) < 4.78 is 0. The molecule has 1 heterocycles. The van der Waals surface area contributed by atoms with Crippen LogP contribution in [-0.2, 0) is 11.2 Å². The highest BCUT2D eigenvalue weighted by Gasteiger charge is 2.36. The molecule has 1 aromatic rings. The fraction of sp³-hybridized carbons (Fsp3) is 0.588. The number of amides is 1. The Kier molecular flexibility index (Phi) is 6.36. The van der Waals surface area contributed by atoms with Crippen molar-refractivity contribution in [3.63, 3.8) is 0 Å². The second kappa shape index (κ2) is 8.27. The van der Waals surface area contributed by atoms with Crippen LogP contribution in [0, 0.1) is 0 Å². The molecule has 1 saturated heterocycles. The van der Waals surface area contributed by atoms with E-state index in [9.17, 15) is 15.0 Å². The van der Waals surface area contributed by atoms with E-state index in [0.717, 1.165) is 12.8 Å². The molecule has 0 saturated carbocycles. The summed E-state index contributed by atoms with van der Waals surface area (Å²) in [6.45, 7) is 3.75. The number of hydrogen-bond acceptors (Lipinski definition) is 4. The van der Waals surface area contributed by atoms with Crippen molar-refractivity contribution >= 4 is 5.91 Å². The molecule has 1 amide bonds. The minimum absolute atomic E-state index is 0.123. The van der Waals surface area contributed by atoms with Gasteiger partial charge in [0.15, 0.2) is 0 Å². The summed E-state index contributed by atoms with van der Waals surface area (Å²) in [5.41, 5.74) is 1.26. The Hall–Kier alpha value is -1.43. The van der Waals surface area contributed by atoms with Crippen LogP contribution in [-0.4, -0.2) is 58.9 Å². The zero-order valence-electron chi connectivity index (χ0n) is 13.1. The standard InChI is InChI=1S/C17H26N2O3/c1-2-19(12-6-9-13-7-4-3-5-8-13)17(22)15-16(21)14(20)10-11-18-15/h3-5,7-8,14-16,18,20-21H,2,6,9-12H2,1H3/t14-,15-,16-/m0/s1. The third-order valence-electron chi connectivity index (χ3n) is 4.24. The maximum atomic E-state index is 12.5. The summed E-state index contributed by atoms with van der Waals surface area (Å²) in [4.78, 5) is 14.3. The molecule has 1 fully saturated rings. The molecule has 3 atom stereocenters. The number of carbonyl (C=O) groups is 1. The SMILES string of the molecule is CCN(CCCc1ccccc1)C(=O)[C@H]1NCC[C@H](O)[C@@H]1O. The number of hydrogen-bond donors (Lipinski definition) is 3. The molecule has 3 N–H and O–H groups in total. The second-order valence-corrected chi connectivity index (χ2v) is 5.79. The van der Waals surface area contributed by atoms with E-state index in [1.807, 2.05) is 25.1 Å². The van der Waals surface area contributed by atoms with Gasteiger partial charge in [0.1, 0.15) is 12.1 Å². The van der Waals surface area contributed by atoms with Gasteiger partial charge in [-0.25, -0.2) is 0 Å². The van der Waals surface area contributed by atoms with Gasteiger partial charge in [0.2, 0.25) is 5.91 Å². The van der Waals surface area contributed by atoms with E-state index in [0.29, 0.717) is 26.1 Å². The van der Waals surface area contributed by atoms with Gasteiger partial charge in [-0.1, -0.05) is 30.3 Å². The average Bonchev–Trinajstić information content (AvgIpc) is 2.54. The van der Waals surface area contributed by atoms with Crippen LogP contribution in [0.4, 0.5) is 0 Å². The van der Waals surface area contributed by atoms with Crippen molar-refractivity contribution in [2.75, 3.05) is 19.6 Å². The van der Waals surface area contributed by atoms with E-state index in [4.69, 9.17) is 0 Å². The summed E-state index contributed by atoms with van der Waals surface area (Å²) >= 11 is 0. The normalized spacial score (nSPS) is 25.0. The van der Waals surface area contributed by atoms with E-state index >= 15 is 0 Å². The minimum Gasteiger partial charge on any atom is -0.390 e. The van der Waals surface area contributed by atoms with E-state index in [2.05, 4.69) is 17.4 Å². The first kappa shape index (κ1) is 16.9. The lowest BCUT2D eigenvalue weighted by molar-refractivity contribution is -0.140. The number of aryl methyl sites for hydroxylation is 1. The predicted molar refractivity (Wildman–Crippen MR) is 85.4 cm³/mol. The third kappa shape index (κ3) is 4.29. The fourth-order valence-corrected chi connectivity index (χ4v) is 2.87. The van der Waals surface area contributed by atoms with E-state index < -0.39 is 18.2 Å². The van der Waals surface area contributed by atoms with E-state index in [-0.39, 0.29) is 5.91 Å². The number of benzene rings is 1. The molecule has 0 spiro atoms. The van der Waals surface area contributed by atoms with Crippen LogP contribution in [0.15, 0.2) is 30.3 Å². The number of likely N-dealkylation sites (N-methyl/N-ethyl adjacent to an activating group) is 1. The summed E-state index contributed by atoms with van der Waals surface area (Å²) in [5, 5.41) is 22.7. The van der Waals surface area contributed by atoms with Gasteiger partial charge in [-0.3, -0.25) is 4.79 Å². The average molecular weight is 306 g/mol. The summed E-state index contributed by atoms with van der Waals surface area (Å²) in [5.74, 6) is -0.123. The topological polar surface area (TPSA) is 72.8 Å². The Morgan fingerprint density at radius 3 is 2.73 bits per heavy atom. The molecule has 0 unspecified atom stereocenters. The molecule has 2 rings (SSSR count). The Balaban J connectivity index is 1.86. The molecule has 0 aromatic heterocycles. The zero-order valence-corrected chi connectivity index (χ0v) is 13.1. The first-order valence-electron chi connectivity index (χ1n) is 8.05. The molecule has 1 aromatic carbocycles. The number of aliphatic hydroxyl groups excluding tert-OH is 2. The number of piperidine rings is 1. The zero-order chi connectivity index (χ0) is 15.9.